The molecule has 0 bridgehead atoms. The highest BCUT2D eigenvalue weighted by Crippen LogP contribution is 2.24. The van der Waals surface area contributed by atoms with Crippen LogP contribution in [-0.4, -0.2) is 5.11 Å². The minimum Gasteiger partial charge on any atom is -0.508 e. The van der Waals surface area contributed by atoms with Crippen molar-refractivity contribution < 1.29 is 5.11 Å². The monoisotopic (exact) mass is 173 g/mol. The van der Waals surface area contributed by atoms with Gasteiger partial charge in [0.25, 0.3) is 0 Å². The summed E-state index contributed by atoms with van der Waals surface area (Å²) in [4.78, 5) is 10.2. The molecule has 3 nitrogen and oxygen atoms in total. The van der Waals surface area contributed by atoms with Gasteiger partial charge < -0.3 is 5.11 Å². The molecule has 0 saturated heterocycles. The molecule has 0 unspecified atom stereocenters. The molecule has 0 heterocycles. The van der Waals surface area contributed by atoms with Crippen LogP contribution in [-0.2, 0) is 0 Å². The van der Waals surface area contributed by atoms with Gasteiger partial charge in [0, 0.05) is 0 Å². The Hall–Kier alpha value is -1.90. The summed E-state index contributed by atoms with van der Waals surface area (Å²) in [6.07, 6.45) is 0. The van der Waals surface area contributed by atoms with E-state index in [4.69, 9.17) is 0 Å². The van der Waals surface area contributed by atoms with E-state index in [1.807, 2.05) is 0 Å². The van der Waals surface area contributed by atoms with E-state index in [-0.39, 0.29) is 5.75 Å². The smallest absolute Gasteiger partial charge is 0.116 e. The van der Waals surface area contributed by atoms with Crippen molar-refractivity contribution in [1.29, 1.82) is 0 Å². The fourth-order valence-corrected chi connectivity index (χ4v) is 1.28. The summed E-state index contributed by atoms with van der Waals surface area (Å²) in [7, 11) is 0. The van der Waals surface area contributed by atoms with Crippen LogP contribution in [0.25, 0.3) is 10.8 Å². The molecular formula is C10H7NO2. The van der Waals surface area contributed by atoms with E-state index in [9.17, 15) is 10.0 Å². The van der Waals surface area contributed by atoms with Crippen molar-refractivity contribution >= 4 is 16.5 Å². The third-order valence-electron chi connectivity index (χ3n) is 1.91. The minimum absolute atomic E-state index is 0.222. The Kier molecular flexibility index (Phi) is 1.70. The molecule has 2 rings (SSSR count). The summed E-state index contributed by atoms with van der Waals surface area (Å²) in [6.45, 7) is 0. The van der Waals surface area contributed by atoms with Crippen molar-refractivity contribution in [3.05, 3.63) is 41.3 Å². The number of fused-ring (bicyclic) bond motifs is 1. The molecule has 0 aliphatic rings. The Balaban J connectivity index is 2.73. The predicted molar refractivity (Wildman–Crippen MR) is 51.1 cm³/mol. The molecule has 13 heavy (non-hydrogen) atoms. The highest BCUT2D eigenvalue weighted by Gasteiger charge is 1.96. The van der Waals surface area contributed by atoms with Gasteiger partial charge >= 0.3 is 0 Å². The normalized spacial score (nSPS) is 10.2. The lowest BCUT2D eigenvalue weighted by molar-refractivity contribution is 0.476. The van der Waals surface area contributed by atoms with Gasteiger partial charge in [0.15, 0.2) is 0 Å². The van der Waals surface area contributed by atoms with Crippen LogP contribution in [0.2, 0.25) is 0 Å². The van der Waals surface area contributed by atoms with Gasteiger partial charge in [-0.1, -0.05) is 12.1 Å². The Morgan fingerprint density at radius 3 is 2.46 bits per heavy atom. The van der Waals surface area contributed by atoms with E-state index >= 15 is 0 Å². The molecule has 0 spiro atoms. The molecule has 0 saturated carbocycles. The molecule has 0 atom stereocenters. The second-order valence-electron chi connectivity index (χ2n) is 2.81. The zero-order valence-corrected chi connectivity index (χ0v) is 6.77. The third-order valence-corrected chi connectivity index (χ3v) is 1.91. The van der Waals surface area contributed by atoms with Crippen LogP contribution in [0.15, 0.2) is 41.6 Å². The van der Waals surface area contributed by atoms with Gasteiger partial charge in [-0.3, -0.25) is 0 Å². The molecule has 0 aromatic heterocycles. The molecule has 3 heteroatoms. The topological polar surface area (TPSA) is 49.7 Å². The number of phenolic OH excluding ortho intramolecular Hbond substituents is 1. The lowest BCUT2D eigenvalue weighted by atomic mass is 10.1. The molecule has 2 aromatic carbocycles. The fraction of sp³-hybridized carbons (Fsp3) is 0. The molecule has 2 aromatic rings. The third kappa shape index (κ3) is 1.36. The number of benzene rings is 2. The summed E-state index contributed by atoms with van der Waals surface area (Å²) >= 11 is 0. The van der Waals surface area contributed by atoms with Gasteiger partial charge in [-0.05, 0) is 40.2 Å². The Morgan fingerprint density at radius 1 is 1.00 bits per heavy atom. The van der Waals surface area contributed by atoms with Gasteiger partial charge in [0.1, 0.15) is 11.4 Å². The molecule has 0 fully saturated rings. The van der Waals surface area contributed by atoms with Crippen LogP contribution in [0.1, 0.15) is 0 Å². The van der Waals surface area contributed by atoms with E-state index in [1.54, 1.807) is 36.4 Å². The number of hydrogen-bond donors (Lipinski definition) is 1. The highest BCUT2D eigenvalue weighted by atomic mass is 16.3. The number of nitrogens with zero attached hydrogens (tertiary/aromatic N) is 1. The summed E-state index contributed by atoms with van der Waals surface area (Å²) in [5.41, 5.74) is 0.401. The van der Waals surface area contributed by atoms with Crippen molar-refractivity contribution in [3.8, 4) is 5.75 Å². The first-order valence-corrected chi connectivity index (χ1v) is 3.86. The number of phenols is 1. The van der Waals surface area contributed by atoms with E-state index in [1.165, 1.54) is 0 Å². The van der Waals surface area contributed by atoms with Crippen molar-refractivity contribution in [2.24, 2.45) is 5.18 Å². The van der Waals surface area contributed by atoms with Crippen LogP contribution >= 0.6 is 0 Å². The molecule has 0 radical (unpaired) electrons. The maximum atomic E-state index is 10.2. The maximum Gasteiger partial charge on any atom is 0.116 e. The number of aromatic hydroxyl groups is 1. The number of nitroso groups, excluding NO2 is 1. The second kappa shape index (κ2) is 2.86. The van der Waals surface area contributed by atoms with Crippen LogP contribution in [0.5, 0.6) is 5.75 Å². The van der Waals surface area contributed by atoms with Gasteiger partial charge in [-0.2, -0.15) is 0 Å². The van der Waals surface area contributed by atoms with Crippen molar-refractivity contribution in [3.63, 3.8) is 0 Å². The van der Waals surface area contributed by atoms with Gasteiger partial charge in [-0.15, -0.1) is 4.91 Å². The quantitative estimate of drug-likeness (QED) is 0.674. The molecular weight excluding hydrogens is 166 g/mol. The van der Waals surface area contributed by atoms with Crippen molar-refractivity contribution in [2.45, 2.75) is 0 Å². The minimum atomic E-state index is 0.222. The molecule has 1 N–H and O–H groups in total. The Bertz CT molecular complexity index is 465. The molecule has 64 valence electrons. The Morgan fingerprint density at radius 2 is 1.69 bits per heavy atom. The first-order chi connectivity index (χ1) is 6.29. The van der Waals surface area contributed by atoms with Gasteiger partial charge in [0.2, 0.25) is 0 Å². The van der Waals surface area contributed by atoms with Crippen LogP contribution in [0.4, 0.5) is 5.69 Å². The molecule has 0 amide bonds. The number of rotatable bonds is 1. The van der Waals surface area contributed by atoms with E-state index in [0.717, 1.165) is 10.8 Å². The average Bonchev–Trinajstić information content (AvgIpc) is 2.17. The maximum absolute atomic E-state index is 10.2. The first-order valence-electron chi connectivity index (χ1n) is 3.86. The summed E-state index contributed by atoms with van der Waals surface area (Å²) in [5, 5.41) is 13.8. The zero-order chi connectivity index (χ0) is 9.26. The van der Waals surface area contributed by atoms with E-state index in [0.29, 0.717) is 5.69 Å². The standard InChI is InChI=1S/C10H7NO2/c12-10-4-2-7-5-9(11-13)3-1-8(7)6-10/h1-6,12H. The van der Waals surface area contributed by atoms with E-state index in [2.05, 4.69) is 5.18 Å². The predicted octanol–water partition coefficient (Wildman–Crippen LogP) is 2.94. The van der Waals surface area contributed by atoms with Gasteiger partial charge in [0.05, 0.1) is 0 Å². The van der Waals surface area contributed by atoms with Gasteiger partial charge in [-0.25, -0.2) is 0 Å². The Labute approximate surface area is 74.6 Å². The molecule has 0 aliphatic heterocycles. The summed E-state index contributed by atoms with van der Waals surface area (Å²) < 4.78 is 0. The fourth-order valence-electron chi connectivity index (χ4n) is 1.28. The van der Waals surface area contributed by atoms with Crippen molar-refractivity contribution in [2.75, 3.05) is 0 Å². The second-order valence-corrected chi connectivity index (χ2v) is 2.81. The zero-order valence-electron chi connectivity index (χ0n) is 6.77. The largest absolute Gasteiger partial charge is 0.508 e. The lowest BCUT2D eigenvalue weighted by Crippen LogP contribution is -1.71. The lowest BCUT2D eigenvalue weighted by Gasteiger charge is -1.98. The van der Waals surface area contributed by atoms with Crippen LogP contribution < -0.4 is 0 Å². The summed E-state index contributed by atoms with van der Waals surface area (Å²) in [6, 6.07) is 10.0. The SMILES string of the molecule is O=Nc1ccc2cc(O)ccc2c1. The highest BCUT2D eigenvalue weighted by molar-refractivity contribution is 5.86. The van der Waals surface area contributed by atoms with E-state index < -0.39 is 0 Å². The van der Waals surface area contributed by atoms with Crippen molar-refractivity contribution in [1.82, 2.24) is 0 Å². The first kappa shape index (κ1) is 7.73. The van der Waals surface area contributed by atoms with Crippen LogP contribution in [0, 0.1) is 4.91 Å². The molecule has 0 aliphatic carbocycles. The number of hydrogen-bond acceptors (Lipinski definition) is 3. The summed E-state index contributed by atoms with van der Waals surface area (Å²) in [5.74, 6) is 0.222. The average molecular weight is 173 g/mol. The van der Waals surface area contributed by atoms with Crippen LogP contribution in [0.3, 0.4) is 0 Å².